The highest BCUT2D eigenvalue weighted by atomic mass is 35.5. The first kappa shape index (κ1) is 13.0. The van der Waals surface area contributed by atoms with Gasteiger partial charge in [-0.2, -0.15) is 4.80 Å². The third-order valence-electron chi connectivity index (χ3n) is 2.86. The first-order valence-corrected chi connectivity index (χ1v) is 6.31. The Morgan fingerprint density at radius 3 is 2.55 bits per heavy atom. The summed E-state index contributed by atoms with van der Waals surface area (Å²) in [5.41, 5.74) is 0.412. The molecule has 0 N–H and O–H groups in total. The van der Waals surface area contributed by atoms with E-state index in [4.69, 9.17) is 23.2 Å². The standard InChI is InChI=1S/C11H7Cl2N5O2/c1-17-15-7(14-16-17)4-18-9-6(13)3-2-5(12)8(9)10(19)11(18)20/h2-3H,4H2,1H3. The molecule has 0 atom stereocenters. The van der Waals surface area contributed by atoms with Crippen molar-refractivity contribution < 1.29 is 9.59 Å². The summed E-state index contributed by atoms with van der Waals surface area (Å²) in [5.74, 6) is -1.09. The van der Waals surface area contributed by atoms with Crippen LogP contribution < -0.4 is 4.90 Å². The molecule has 9 heteroatoms. The minimum absolute atomic E-state index is 0.00543. The van der Waals surface area contributed by atoms with Gasteiger partial charge in [0.15, 0.2) is 5.82 Å². The van der Waals surface area contributed by atoms with Crippen molar-refractivity contribution in [2.75, 3.05) is 4.90 Å². The molecule has 0 spiro atoms. The maximum absolute atomic E-state index is 12.1. The predicted molar refractivity (Wildman–Crippen MR) is 70.8 cm³/mol. The molecule has 20 heavy (non-hydrogen) atoms. The van der Waals surface area contributed by atoms with Gasteiger partial charge >= 0.3 is 0 Å². The number of benzene rings is 1. The van der Waals surface area contributed by atoms with Crippen LogP contribution in [0.15, 0.2) is 12.1 Å². The number of hydrogen-bond donors (Lipinski definition) is 0. The van der Waals surface area contributed by atoms with Gasteiger partial charge in [-0.15, -0.1) is 10.2 Å². The van der Waals surface area contributed by atoms with E-state index in [1.165, 1.54) is 21.8 Å². The van der Waals surface area contributed by atoms with Crippen LogP contribution in [0.25, 0.3) is 0 Å². The van der Waals surface area contributed by atoms with E-state index in [1.807, 2.05) is 0 Å². The van der Waals surface area contributed by atoms with Gasteiger partial charge in [0.2, 0.25) is 0 Å². The first-order chi connectivity index (χ1) is 9.49. The molecule has 0 unspecified atom stereocenters. The summed E-state index contributed by atoms with van der Waals surface area (Å²) in [5, 5.41) is 11.9. The molecular formula is C11H7Cl2N5O2. The molecule has 7 nitrogen and oxygen atoms in total. The summed E-state index contributed by atoms with van der Waals surface area (Å²) >= 11 is 12.0. The van der Waals surface area contributed by atoms with E-state index in [2.05, 4.69) is 15.4 Å². The number of halogens is 2. The number of anilines is 1. The van der Waals surface area contributed by atoms with E-state index in [0.29, 0.717) is 11.5 Å². The molecule has 0 fully saturated rings. The number of carbonyl (C=O) groups is 2. The molecule has 102 valence electrons. The summed E-state index contributed by atoms with van der Waals surface area (Å²) in [6.45, 7) is 0.00543. The van der Waals surface area contributed by atoms with E-state index in [1.54, 1.807) is 7.05 Å². The number of Topliss-reactive ketones (excluding diaryl/α,β-unsaturated/α-hetero) is 1. The van der Waals surface area contributed by atoms with Crippen molar-refractivity contribution in [2.45, 2.75) is 6.54 Å². The largest absolute Gasteiger partial charge is 0.300 e. The van der Waals surface area contributed by atoms with Crippen molar-refractivity contribution >= 4 is 40.6 Å². The zero-order valence-corrected chi connectivity index (χ0v) is 11.7. The fraction of sp³-hybridized carbons (Fsp3) is 0.182. The molecule has 0 bridgehead atoms. The molecule has 0 saturated carbocycles. The van der Waals surface area contributed by atoms with Crippen molar-refractivity contribution in [3.8, 4) is 0 Å². The number of nitrogens with zero attached hydrogens (tertiary/aromatic N) is 5. The number of carbonyl (C=O) groups excluding carboxylic acids is 2. The van der Waals surface area contributed by atoms with Gasteiger partial charge in [-0.3, -0.25) is 14.5 Å². The molecule has 0 aliphatic carbocycles. The second-order valence-electron chi connectivity index (χ2n) is 4.17. The maximum Gasteiger partial charge on any atom is 0.300 e. The van der Waals surface area contributed by atoms with Crippen molar-refractivity contribution in [1.29, 1.82) is 0 Å². The Labute approximate surface area is 123 Å². The maximum atomic E-state index is 12.1. The monoisotopic (exact) mass is 311 g/mol. The van der Waals surface area contributed by atoms with Crippen LogP contribution in [-0.2, 0) is 18.4 Å². The summed E-state index contributed by atoms with van der Waals surface area (Å²) in [4.78, 5) is 26.5. The predicted octanol–water partition coefficient (Wildman–Crippen LogP) is 1.25. The number of hydrogen-bond acceptors (Lipinski definition) is 5. The fourth-order valence-electron chi connectivity index (χ4n) is 2.03. The highest BCUT2D eigenvalue weighted by Gasteiger charge is 2.39. The Kier molecular flexibility index (Phi) is 2.95. The average molecular weight is 312 g/mol. The molecule has 0 saturated heterocycles. The number of aromatic nitrogens is 4. The van der Waals surface area contributed by atoms with Crippen molar-refractivity contribution in [3.05, 3.63) is 33.6 Å². The Balaban J connectivity index is 2.08. The number of amides is 1. The van der Waals surface area contributed by atoms with Crippen LogP contribution in [0.3, 0.4) is 0 Å². The van der Waals surface area contributed by atoms with Gasteiger partial charge in [0.1, 0.15) is 0 Å². The van der Waals surface area contributed by atoms with Crippen LogP contribution in [0, 0.1) is 0 Å². The summed E-state index contributed by atoms with van der Waals surface area (Å²) in [6.07, 6.45) is 0. The Bertz CT molecular complexity index is 742. The number of tetrazole rings is 1. The molecule has 1 aromatic carbocycles. The number of rotatable bonds is 2. The lowest BCUT2D eigenvalue weighted by Crippen LogP contribution is -2.29. The fourth-order valence-corrected chi connectivity index (χ4v) is 2.53. The minimum atomic E-state index is -0.706. The second-order valence-corrected chi connectivity index (χ2v) is 4.98. The van der Waals surface area contributed by atoms with Crippen LogP contribution in [0.5, 0.6) is 0 Å². The van der Waals surface area contributed by atoms with Crippen LogP contribution in [0.1, 0.15) is 16.2 Å². The van der Waals surface area contributed by atoms with Crippen LogP contribution >= 0.6 is 23.2 Å². The zero-order chi connectivity index (χ0) is 14.4. The highest BCUT2D eigenvalue weighted by molar-refractivity contribution is 6.56. The second kappa shape index (κ2) is 4.53. The molecule has 2 aromatic rings. The van der Waals surface area contributed by atoms with Crippen molar-refractivity contribution in [1.82, 2.24) is 20.2 Å². The quantitative estimate of drug-likeness (QED) is 0.780. The average Bonchev–Trinajstić information content (AvgIpc) is 2.92. The van der Waals surface area contributed by atoms with Gasteiger partial charge in [-0.05, 0) is 17.3 Å². The summed E-state index contributed by atoms with van der Waals surface area (Å²) in [7, 11) is 1.60. The Morgan fingerprint density at radius 1 is 1.20 bits per heavy atom. The number of fused-ring (bicyclic) bond motifs is 1. The van der Waals surface area contributed by atoms with E-state index < -0.39 is 11.7 Å². The van der Waals surface area contributed by atoms with Crippen LogP contribution in [-0.4, -0.2) is 31.9 Å². The molecule has 2 heterocycles. The Hall–Kier alpha value is -1.99. The molecular weight excluding hydrogens is 305 g/mol. The summed E-state index contributed by atoms with van der Waals surface area (Å²) in [6, 6.07) is 3.02. The lowest BCUT2D eigenvalue weighted by atomic mass is 10.1. The summed E-state index contributed by atoms with van der Waals surface area (Å²) < 4.78 is 0. The van der Waals surface area contributed by atoms with Crippen LogP contribution in [0.4, 0.5) is 5.69 Å². The zero-order valence-electron chi connectivity index (χ0n) is 10.2. The number of aryl methyl sites for hydroxylation is 1. The molecule has 0 radical (unpaired) electrons. The molecule has 1 amide bonds. The van der Waals surface area contributed by atoms with E-state index in [9.17, 15) is 9.59 Å². The van der Waals surface area contributed by atoms with Gasteiger partial charge < -0.3 is 0 Å². The van der Waals surface area contributed by atoms with Gasteiger partial charge in [0.25, 0.3) is 11.7 Å². The SMILES string of the molecule is Cn1nnc(CN2C(=O)C(=O)c3c(Cl)ccc(Cl)c32)n1. The molecule has 3 rings (SSSR count). The van der Waals surface area contributed by atoms with E-state index in [-0.39, 0.29) is 22.2 Å². The smallest absolute Gasteiger partial charge is 0.295 e. The van der Waals surface area contributed by atoms with E-state index >= 15 is 0 Å². The third-order valence-corrected chi connectivity index (χ3v) is 3.48. The van der Waals surface area contributed by atoms with Gasteiger partial charge in [0.05, 0.1) is 34.9 Å². The Morgan fingerprint density at radius 2 is 1.90 bits per heavy atom. The highest BCUT2D eigenvalue weighted by Crippen LogP contribution is 2.40. The van der Waals surface area contributed by atoms with Crippen molar-refractivity contribution in [2.24, 2.45) is 7.05 Å². The van der Waals surface area contributed by atoms with Gasteiger partial charge in [-0.25, -0.2) is 0 Å². The minimum Gasteiger partial charge on any atom is -0.295 e. The van der Waals surface area contributed by atoms with E-state index in [0.717, 1.165) is 0 Å². The van der Waals surface area contributed by atoms with Crippen molar-refractivity contribution in [3.63, 3.8) is 0 Å². The molecule has 1 aliphatic heterocycles. The lowest BCUT2D eigenvalue weighted by molar-refractivity contribution is -0.114. The van der Waals surface area contributed by atoms with Gasteiger partial charge in [0, 0.05) is 0 Å². The van der Waals surface area contributed by atoms with Gasteiger partial charge in [-0.1, -0.05) is 23.2 Å². The topological polar surface area (TPSA) is 81.0 Å². The molecule has 1 aliphatic rings. The third kappa shape index (κ3) is 1.86. The number of ketones is 1. The van der Waals surface area contributed by atoms with Crippen LogP contribution in [0.2, 0.25) is 10.0 Å². The lowest BCUT2D eigenvalue weighted by Gasteiger charge is -2.15. The normalized spacial score (nSPS) is 14.1. The first-order valence-electron chi connectivity index (χ1n) is 5.56. The molecule has 1 aromatic heterocycles.